The number of carbonyl (C=O) groups excluding carboxylic acids is 1. The van der Waals surface area contributed by atoms with Crippen molar-refractivity contribution in [2.24, 2.45) is 0 Å². The summed E-state index contributed by atoms with van der Waals surface area (Å²) in [6.45, 7) is 4.09. The molecule has 0 saturated carbocycles. The minimum atomic E-state index is -0.407. The first-order valence-electron chi connectivity index (χ1n) is 8.17. The predicted molar refractivity (Wildman–Crippen MR) is 100 cm³/mol. The third-order valence-corrected chi connectivity index (χ3v) is 3.53. The third kappa shape index (κ3) is 5.44. The lowest BCUT2D eigenvalue weighted by molar-refractivity contribution is -0.120. The minimum Gasteiger partial charge on any atom is -0.493 e. The number of H-pyrrole nitrogens is 1. The molecule has 0 radical (unpaired) electrons. The van der Waals surface area contributed by atoms with Crippen molar-refractivity contribution in [1.82, 2.24) is 20.5 Å². The summed E-state index contributed by atoms with van der Waals surface area (Å²) in [5.41, 5.74) is 0.379. The lowest BCUT2D eigenvalue weighted by atomic mass is 10.2. The first kappa shape index (κ1) is 19.7. The standard InChI is InChI=1S/C19H20N4O4/c1-4-10-20-17(24)9-7-14-19(25)21-18(23-22-14)13-6-8-15(27-11-5-2)16(12-13)26-3/h1,5-6,8,12H,2,7,9-11H2,3H3,(H,20,24)(H,21,23,25). The van der Waals surface area contributed by atoms with E-state index in [1.807, 2.05) is 0 Å². The van der Waals surface area contributed by atoms with Gasteiger partial charge in [0.2, 0.25) is 5.91 Å². The molecule has 2 N–H and O–H groups in total. The number of aromatic nitrogens is 3. The predicted octanol–water partition coefficient (Wildman–Crippen LogP) is 1.09. The van der Waals surface area contributed by atoms with Crippen molar-refractivity contribution in [3.8, 4) is 35.2 Å². The van der Waals surface area contributed by atoms with E-state index in [4.69, 9.17) is 15.9 Å². The summed E-state index contributed by atoms with van der Waals surface area (Å²) in [6.07, 6.45) is 6.96. The number of benzene rings is 1. The van der Waals surface area contributed by atoms with Gasteiger partial charge in [0, 0.05) is 18.4 Å². The SMILES string of the molecule is C#CCNC(=O)CCc1nnc(-c2ccc(OCC=C)c(OC)c2)[nH]c1=O. The van der Waals surface area contributed by atoms with Gasteiger partial charge < -0.3 is 19.8 Å². The van der Waals surface area contributed by atoms with Gasteiger partial charge in [0.05, 0.1) is 13.7 Å². The van der Waals surface area contributed by atoms with Gasteiger partial charge in [-0.1, -0.05) is 18.6 Å². The normalized spacial score (nSPS) is 9.93. The quantitative estimate of drug-likeness (QED) is 0.507. The van der Waals surface area contributed by atoms with Crippen molar-refractivity contribution >= 4 is 5.91 Å². The van der Waals surface area contributed by atoms with Gasteiger partial charge in [0.15, 0.2) is 17.3 Å². The Morgan fingerprint density at radius 1 is 1.41 bits per heavy atom. The van der Waals surface area contributed by atoms with Gasteiger partial charge in [0.25, 0.3) is 5.56 Å². The van der Waals surface area contributed by atoms with Crippen LogP contribution in [0.2, 0.25) is 0 Å². The molecule has 0 fully saturated rings. The van der Waals surface area contributed by atoms with Crippen LogP contribution in [0.25, 0.3) is 11.4 Å². The van der Waals surface area contributed by atoms with Crippen LogP contribution in [0.3, 0.4) is 0 Å². The molecule has 8 heteroatoms. The van der Waals surface area contributed by atoms with E-state index < -0.39 is 5.56 Å². The molecule has 0 aliphatic rings. The molecule has 1 aromatic heterocycles. The average Bonchev–Trinajstić information content (AvgIpc) is 2.69. The highest BCUT2D eigenvalue weighted by Crippen LogP contribution is 2.31. The Balaban J connectivity index is 2.15. The Labute approximate surface area is 156 Å². The van der Waals surface area contributed by atoms with E-state index >= 15 is 0 Å². The molecule has 0 atom stereocenters. The first-order valence-corrected chi connectivity index (χ1v) is 8.17. The Kier molecular flexibility index (Phi) is 7.14. The van der Waals surface area contributed by atoms with E-state index in [0.717, 1.165) is 0 Å². The van der Waals surface area contributed by atoms with Crippen LogP contribution in [0, 0.1) is 12.3 Å². The highest BCUT2D eigenvalue weighted by Gasteiger charge is 2.12. The van der Waals surface area contributed by atoms with E-state index in [0.29, 0.717) is 23.7 Å². The van der Waals surface area contributed by atoms with Crippen molar-refractivity contribution in [2.45, 2.75) is 12.8 Å². The fourth-order valence-corrected chi connectivity index (χ4v) is 2.21. The Morgan fingerprint density at radius 3 is 2.89 bits per heavy atom. The fourth-order valence-electron chi connectivity index (χ4n) is 2.21. The highest BCUT2D eigenvalue weighted by atomic mass is 16.5. The number of nitrogens with zero attached hydrogens (tertiary/aromatic N) is 2. The van der Waals surface area contributed by atoms with Crippen LogP contribution >= 0.6 is 0 Å². The van der Waals surface area contributed by atoms with E-state index in [-0.39, 0.29) is 36.8 Å². The molecular weight excluding hydrogens is 348 g/mol. The lowest BCUT2D eigenvalue weighted by Gasteiger charge is -2.10. The van der Waals surface area contributed by atoms with Gasteiger partial charge in [-0.05, 0) is 18.2 Å². The summed E-state index contributed by atoms with van der Waals surface area (Å²) in [5, 5.41) is 10.5. The summed E-state index contributed by atoms with van der Waals surface area (Å²) in [7, 11) is 1.52. The number of aryl methyl sites for hydroxylation is 1. The maximum Gasteiger partial charge on any atom is 0.273 e. The zero-order valence-electron chi connectivity index (χ0n) is 14.9. The average molecular weight is 368 g/mol. The molecule has 2 rings (SSSR count). The highest BCUT2D eigenvalue weighted by molar-refractivity contribution is 5.76. The van der Waals surface area contributed by atoms with Crippen LogP contribution in [0.15, 0.2) is 35.6 Å². The zero-order valence-corrected chi connectivity index (χ0v) is 14.9. The van der Waals surface area contributed by atoms with Crippen molar-refractivity contribution in [1.29, 1.82) is 0 Å². The molecule has 27 heavy (non-hydrogen) atoms. The van der Waals surface area contributed by atoms with Gasteiger partial charge in [-0.25, -0.2) is 0 Å². The number of rotatable bonds is 9. The van der Waals surface area contributed by atoms with Crippen LogP contribution in [0.5, 0.6) is 11.5 Å². The number of carbonyl (C=O) groups is 1. The second kappa shape index (κ2) is 9.77. The Hall–Kier alpha value is -3.60. The van der Waals surface area contributed by atoms with Crippen LogP contribution in [-0.2, 0) is 11.2 Å². The second-order valence-corrected chi connectivity index (χ2v) is 5.40. The van der Waals surface area contributed by atoms with E-state index in [9.17, 15) is 9.59 Å². The lowest BCUT2D eigenvalue weighted by Crippen LogP contribution is -2.25. The second-order valence-electron chi connectivity index (χ2n) is 5.40. The summed E-state index contributed by atoms with van der Waals surface area (Å²) >= 11 is 0. The molecule has 8 nitrogen and oxygen atoms in total. The zero-order chi connectivity index (χ0) is 19.6. The third-order valence-electron chi connectivity index (χ3n) is 3.53. The number of aromatic amines is 1. The maximum absolute atomic E-state index is 12.2. The monoisotopic (exact) mass is 368 g/mol. The molecule has 0 spiro atoms. The summed E-state index contributed by atoms with van der Waals surface area (Å²) in [5.74, 6) is 3.38. The largest absolute Gasteiger partial charge is 0.493 e. The Morgan fingerprint density at radius 2 is 2.22 bits per heavy atom. The number of ether oxygens (including phenoxy) is 2. The van der Waals surface area contributed by atoms with Crippen LogP contribution in [0.4, 0.5) is 0 Å². The molecule has 0 saturated heterocycles. The molecule has 0 bridgehead atoms. The number of terminal acetylenes is 1. The van der Waals surface area contributed by atoms with Gasteiger partial charge >= 0.3 is 0 Å². The Bertz CT molecular complexity index is 915. The minimum absolute atomic E-state index is 0.0992. The summed E-state index contributed by atoms with van der Waals surface area (Å²) < 4.78 is 10.8. The van der Waals surface area contributed by atoms with E-state index in [1.54, 1.807) is 24.3 Å². The topological polar surface area (TPSA) is 106 Å². The van der Waals surface area contributed by atoms with Gasteiger partial charge in [-0.3, -0.25) is 9.59 Å². The maximum atomic E-state index is 12.2. The van der Waals surface area contributed by atoms with Gasteiger partial charge in [0.1, 0.15) is 12.3 Å². The number of methoxy groups -OCH3 is 1. The number of amides is 1. The van der Waals surface area contributed by atoms with Crippen molar-refractivity contribution in [3.63, 3.8) is 0 Å². The van der Waals surface area contributed by atoms with E-state index in [2.05, 4.69) is 33.0 Å². The van der Waals surface area contributed by atoms with Gasteiger partial charge in [-0.15, -0.1) is 16.6 Å². The van der Waals surface area contributed by atoms with Gasteiger partial charge in [-0.2, -0.15) is 0 Å². The number of hydrogen-bond donors (Lipinski definition) is 2. The molecule has 140 valence electrons. The van der Waals surface area contributed by atoms with E-state index in [1.165, 1.54) is 7.11 Å². The summed E-state index contributed by atoms with van der Waals surface area (Å²) in [4.78, 5) is 26.4. The molecule has 2 aromatic rings. The smallest absolute Gasteiger partial charge is 0.273 e. The summed E-state index contributed by atoms with van der Waals surface area (Å²) in [6, 6.07) is 5.13. The molecule has 1 heterocycles. The molecule has 0 unspecified atom stereocenters. The van der Waals surface area contributed by atoms with Crippen molar-refractivity contribution in [3.05, 3.63) is 46.9 Å². The number of nitrogens with one attached hydrogen (secondary N) is 2. The first-order chi connectivity index (χ1) is 13.1. The van der Waals surface area contributed by atoms with Crippen LogP contribution in [-0.4, -0.2) is 41.3 Å². The molecule has 1 aromatic carbocycles. The van der Waals surface area contributed by atoms with Crippen LogP contribution in [0.1, 0.15) is 12.1 Å². The molecule has 0 aliphatic heterocycles. The molecular formula is C19H20N4O4. The van der Waals surface area contributed by atoms with Crippen molar-refractivity contribution < 1.29 is 14.3 Å². The number of hydrogen-bond acceptors (Lipinski definition) is 6. The molecule has 0 aliphatic carbocycles. The fraction of sp³-hybridized carbons (Fsp3) is 0.263. The molecule has 1 amide bonds. The van der Waals surface area contributed by atoms with Crippen LogP contribution < -0.4 is 20.3 Å². The van der Waals surface area contributed by atoms with Crippen molar-refractivity contribution in [2.75, 3.05) is 20.3 Å².